The number of nitrogens with zero attached hydrogens (tertiary/aromatic N) is 4. The Hall–Kier alpha value is -4.47. The molecule has 5 N–H and O–H groups in total. The average molecular weight is 488 g/mol. The molecule has 1 atom stereocenters. The number of amides is 3. The van der Waals surface area contributed by atoms with Crippen molar-refractivity contribution in [2.45, 2.75) is 39.2 Å². The molecule has 3 amide bonds. The van der Waals surface area contributed by atoms with E-state index in [1.165, 1.54) is 4.68 Å². The van der Waals surface area contributed by atoms with Gasteiger partial charge in [0.05, 0.1) is 6.04 Å². The van der Waals surface area contributed by atoms with Crippen LogP contribution >= 0.6 is 0 Å². The number of rotatable bonds is 6. The Bertz CT molecular complexity index is 1330. The molecule has 36 heavy (non-hydrogen) atoms. The van der Waals surface area contributed by atoms with Crippen LogP contribution in [0.15, 0.2) is 54.7 Å². The fourth-order valence-corrected chi connectivity index (χ4v) is 4.32. The van der Waals surface area contributed by atoms with Crippen LogP contribution in [0, 0.1) is 6.92 Å². The van der Waals surface area contributed by atoms with E-state index in [0.29, 0.717) is 47.0 Å². The number of anilines is 1. The summed E-state index contributed by atoms with van der Waals surface area (Å²) < 4.78 is 1.18. The highest BCUT2D eigenvalue weighted by molar-refractivity contribution is 6.04. The Kier molecular flexibility index (Phi) is 6.86. The van der Waals surface area contributed by atoms with Crippen LogP contribution in [-0.2, 0) is 4.79 Å². The van der Waals surface area contributed by atoms with E-state index in [-0.39, 0.29) is 17.5 Å². The van der Waals surface area contributed by atoms with Crippen molar-refractivity contribution >= 4 is 23.5 Å². The molecule has 1 saturated heterocycles. The predicted molar refractivity (Wildman–Crippen MR) is 136 cm³/mol. The number of piperidine rings is 1. The molecule has 1 aromatic carbocycles. The minimum absolute atomic E-state index is 0.0272. The lowest BCUT2D eigenvalue weighted by Gasteiger charge is -2.35. The fourth-order valence-electron chi connectivity index (χ4n) is 4.32. The summed E-state index contributed by atoms with van der Waals surface area (Å²) in [5, 5.41) is 2.75. The van der Waals surface area contributed by atoms with E-state index in [1.54, 1.807) is 48.4 Å². The first-order valence-electron chi connectivity index (χ1n) is 11.7. The number of imidazole rings is 1. The van der Waals surface area contributed by atoms with Gasteiger partial charge < -0.3 is 21.8 Å². The fraction of sp³-hybridized carbons (Fsp3) is 0.269. The second-order valence-electron chi connectivity index (χ2n) is 8.94. The first kappa shape index (κ1) is 24.6. The van der Waals surface area contributed by atoms with Crippen LogP contribution in [-0.4, -0.2) is 43.8 Å². The number of nitrogens with two attached hydrogens (primary N) is 2. The highest BCUT2D eigenvalue weighted by Crippen LogP contribution is 2.34. The zero-order valence-electron chi connectivity index (χ0n) is 20.3. The van der Waals surface area contributed by atoms with E-state index in [9.17, 15) is 14.4 Å². The summed E-state index contributed by atoms with van der Waals surface area (Å²) in [5.74, 6) is 5.88. The van der Waals surface area contributed by atoms with Gasteiger partial charge in [-0.05, 0) is 56.9 Å². The molecule has 10 nitrogen and oxygen atoms in total. The van der Waals surface area contributed by atoms with Gasteiger partial charge in [-0.25, -0.2) is 14.6 Å². The molecule has 0 radical (unpaired) electrons. The Labute approximate surface area is 209 Å². The van der Waals surface area contributed by atoms with Crippen molar-refractivity contribution in [2.24, 2.45) is 5.73 Å². The Morgan fingerprint density at radius 1 is 1.11 bits per heavy atom. The quantitative estimate of drug-likeness (QED) is 0.359. The van der Waals surface area contributed by atoms with Gasteiger partial charge in [0.15, 0.2) is 11.5 Å². The zero-order valence-corrected chi connectivity index (χ0v) is 20.3. The molecule has 0 aliphatic carbocycles. The minimum atomic E-state index is -0.743. The van der Waals surface area contributed by atoms with Gasteiger partial charge in [-0.1, -0.05) is 24.8 Å². The molecule has 186 valence electrons. The summed E-state index contributed by atoms with van der Waals surface area (Å²) in [4.78, 5) is 48.3. The first-order chi connectivity index (χ1) is 17.2. The van der Waals surface area contributed by atoms with Gasteiger partial charge >= 0.3 is 0 Å². The number of nitrogens with one attached hydrogen (secondary N) is 1. The second-order valence-corrected chi connectivity index (χ2v) is 8.94. The van der Waals surface area contributed by atoms with E-state index >= 15 is 0 Å². The van der Waals surface area contributed by atoms with Crippen LogP contribution in [0.25, 0.3) is 11.3 Å². The minimum Gasteiger partial charge on any atom is -0.364 e. The number of aromatic nitrogens is 3. The number of likely N-dealkylation sites (tertiary alicyclic amines) is 1. The summed E-state index contributed by atoms with van der Waals surface area (Å²) in [7, 11) is 0. The van der Waals surface area contributed by atoms with Gasteiger partial charge in [0.25, 0.3) is 11.8 Å². The lowest BCUT2D eigenvalue weighted by atomic mass is 10.0. The van der Waals surface area contributed by atoms with E-state index in [1.807, 2.05) is 13.0 Å². The lowest BCUT2D eigenvalue weighted by molar-refractivity contribution is -0.131. The molecular weight excluding hydrogens is 458 g/mol. The highest BCUT2D eigenvalue weighted by Gasteiger charge is 2.34. The number of hydrogen-bond donors (Lipinski definition) is 3. The van der Waals surface area contributed by atoms with E-state index in [4.69, 9.17) is 11.6 Å². The van der Waals surface area contributed by atoms with Crippen molar-refractivity contribution in [3.8, 4) is 11.3 Å². The van der Waals surface area contributed by atoms with Gasteiger partial charge in [0.2, 0.25) is 5.91 Å². The van der Waals surface area contributed by atoms with Gasteiger partial charge in [-0.15, -0.1) is 0 Å². The molecule has 4 rings (SSSR count). The number of nitrogen functional groups attached to an aromatic ring is 1. The number of primary amides is 1. The SMILES string of the molecule is C=C(C)C(=O)N1CCCCC1c1nc(-c2ccc(C(=O)Nc3ccc(C)cn3)cc2)c(C(N)=O)n1N. The Morgan fingerprint density at radius 2 is 1.83 bits per heavy atom. The van der Waals surface area contributed by atoms with Gasteiger partial charge in [-0.2, -0.15) is 0 Å². The second kappa shape index (κ2) is 10.0. The van der Waals surface area contributed by atoms with Crippen LogP contribution < -0.4 is 16.9 Å². The predicted octanol–water partition coefficient (Wildman–Crippen LogP) is 2.95. The Balaban J connectivity index is 1.65. The summed E-state index contributed by atoms with van der Waals surface area (Å²) in [5.41, 5.74) is 8.36. The van der Waals surface area contributed by atoms with E-state index in [0.717, 1.165) is 18.4 Å². The molecule has 3 aromatic rings. The van der Waals surface area contributed by atoms with Crippen LogP contribution in [0.4, 0.5) is 5.82 Å². The number of hydrogen-bond acceptors (Lipinski definition) is 6. The number of carbonyl (C=O) groups is 3. The topological polar surface area (TPSA) is 149 Å². The Morgan fingerprint density at radius 3 is 2.44 bits per heavy atom. The average Bonchev–Trinajstić information content (AvgIpc) is 3.22. The molecule has 0 saturated carbocycles. The molecule has 0 bridgehead atoms. The molecule has 10 heteroatoms. The van der Waals surface area contributed by atoms with Crippen molar-refractivity contribution in [2.75, 3.05) is 17.7 Å². The van der Waals surface area contributed by atoms with Crippen molar-refractivity contribution in [3.63, 3.8) is 0 Å². The van der Waals surface area contributed by atoms with Crippen molar-refractivity contribution in [1.29, 1.82) is 0 Å². The van der Waals surface area contributed by atoms with Crippen molar-refractivity contribution in [3.05, 3.63) is 77.4 Å². The molecule has 1 unspecified atom stereocenters. The number of aryl methyl sites for hydroxylation is 1. The molecule has 3 heterocycles. The normalized spacial score (nSPS) is 15.4. The first-order valence-corrected chi connectivity index (χ1v) is 11.7. The smallest absolute Gasteiger partial charge is 0.269 e. The van der Waals surface area contributed by atoms with Crippen molar-refractivity contribution in [1.82, 2.24) is 19.5 Å². The zero-order chi connectivity index (χ0) is 26.0. The van der Waals surface area contributed by atoms with Crippen LogP contribution in [0.1, 0.15) is 64.5 Å². The molecule has 1 fully saturated rings. The van der Waals surface area contributed by atoms with E-state index < -0.39 is 11.9 Å². The van der Waals surface area contributed by atoms with Gasteiger partial charge in [-0.3, -0.25) is 14.4 Å². The monoisotopic (exact) mass is 487 g/mol. The maximum Gasteiger partial charge on any atom is 0.269 e. The number of benzene rings is 1. The maximum atomic E-state index is 12.8. The summed E-state index contributed by atoms with van der Waals surface area (Å²) >= 11 is 0. The summed E-state index contributed by atoms with van der Waals surface area (Å²) in [6.45, 7) is 7.89. The highest BCUT2D eigenvalue weighted by atomic mass is 16.2. The molecular formula is C26H29N7O3. The molecule has 1 aliphatic rings. The summed E-state index contributed by atoms with van der Waals surface area (Å²) in [6, 6.07) is 9.76. The lowest BCUT2D eigenvalue weighted by Crippen LogP contribution is -2.41. The standard InChI is InChI=1S/C26H29N7O3/c1-15(2)26(36)32-13-5-4-6-19(32)24-31-21(22(23(27)34)33(24)28)17-8-10-18(11-9-17)25(35)30-20-12-7-16(3)14-29-20/h7-12,14,19H,1,4-6,13,28H2,2-3H3,(H2,27,34)(H,29,30,35). The van der Waals surface area contributed by atoms with E-state index in [2.05, 4.69) is 21.9 Å². The molecule has 2 aromatic heterocycles. The van der Waals surface area contributed by atoms with Crippen molar-refractivity contribution < 1.29 is 14.4 Å². The van der Waals surface area contributed by atoms with Crippen LogP contribution in [0.2, 0.25) is 0 Å². The third kappa shape index (κ3) is 4.83. The van der Waals surface area contributed by atoms with Crippen LogP contribution in [0.5, 0.6) is 0 Å². The van der Waals surface area contributed by atoms with Crippen LogP contribution in [0.3, 0.4) is 0 Å². The molecule has 1 aliphatic heterocycles. The number of pyridine rings is 1. The van der Waals surface area contributed by atoms with Gasteiger partial charge in [0, 0.05) is 29.4 Å². The van der Waals surface area contributed by atoms with Gasteiger partial charge in [0.1, 0.15) is 11.5 Å². The third-order valence-corrected chi connectivity index (χ3v) is 6.17. The maximum absolute atomic E-state index is 12.8. The largest absolute Gasteiger partial charge is 0.364 e. The number of carbonyl (C=O) groups excluding carboxylic acids is 3. The molecule has 0 spiro atoms. The summed E-state index contributed by atoms with van der Waals surface area (Å²) in [6.07, 6.45) is 4.07. The third-order valence-electron chi connectivity index (χ3n) is 6.17.